The summed E-state index contributed by atoms with van der Waals surface area (Å²) in [6, 6.07) is 2.73. The molecule has 0 radical (unpaired) electrons. The highest BCUT2D eigenvalue weighted by atomic mass is 35.5. The average Bonchev–Trinajstić information content (AvgIpc) is 2.87. The van der Waals surface area contributed by atoms with E-state index in [1.165, 1.54) is 4.90 Å². The van der Waals surface area contributed by atoms with Crippen LogP contribution in [-0.2, 0) is 32.6 Å². The van der Waals surface area contributed by atoms with E-state index in [1.54, 1.807) is 23.1 Å². The number of amides is 1. The van der Waals surface area contributed by atoms with Crippen LogP contribution in [-0.4, -0.2) is 91.4 Å². The summed E-state index contributed by atoms with van der Waals surface area (Å²) in [5.74, 6) is -1.82. The third-order valence-electron chi connectivity index (χ3n) is 7.42. The topological polar surface area (TPSA) is 160 Å². The summed E-state index contributed by atoms with van der Waals surface area (Å²) in [4.78, 5) is 30.8. The smallest absolute Gasteiger partial charge is 0.326 e. The highest BCUT2D eigenvalue weighted by molar-refractivity contribution is 7.89. The van der Waals surface area contributed by atoms with Crippen LogP contribution in [0.25, 0.3) is 0 Å². The molecule has 11 nitrogen and oxygen atoms in total. The van der Waals surface area contributed by atoms with Crippen molar-refractivity contribution in [1.29, 1.82) is 5.41 Å². The Hall–Kier alpha value is -2.64. The van der Waals surface area contributed by atoms with Gasteiger partial charge in [-0.25, -0.2) is 13.2 Å². The second-order valence-electron chi connectivity index (χ2n) is 10.4. The summed E-state index contributed by atoms with van der Waals surface area (Å²) in [7, 11) is -2.13. The zero-order valence-corrected chi connectivity index (χ0v) is 25.1. The van der Waals surface area contributed by atoms with Gasteiger partial charge in [-0.3, -0.25) is 10.2 Å². The minimum atomic E-state index is -4.11. The second kappa shape index (κ2) is 13.8. The van der Waals surface area contributed by atoms with Crippen LogP contribution in [0.15, 0.2) is 46.4 Å². The number of nitrogens with one attached hydrogen (secondary N) is 2. The van der Waals surface area contributed by atoms with E-state index in [9.17, 15) is 23.1 Å². The number of carboxylic acids is 1. The Morgan fingerprint density at radius 2 is 1.90 bits per heavy atom. The van der Waals surface area contributed by atoms with Crippen LogP contribution < -0.4 is 10.5 Å². The van der Waals surface area contributed by atoms with Crippen molar-refractivity contribution in [2.24, 2.45) is 5.73 Å². The van der Waals surface area contributed by atoms with Crippen LogP contribution in [0.5, 0.6) is 0 Å². The van der Waals surface area contributed by atoms with Gasteiger partial charge in [0.1, 0.15) is 12.1 Å². The summed E-state index contributed by atoms with van der Waals surface area (Å²) in [5, 5.41) is 17.6. The summed E-state index contributed by atoms with van der Waals surface area (Å²) >= 11 is 0. The molecule has 4 rings (SSSR count). The lowest BCUT2D eigenvalue weighted by molar-refractivity contribution is -0.150. The molecule has 3 aliphatic rings. The van der Waals surface area contributed by atoms with Gasteiger partial charge in [-0.05, 0) is 62.9 Å². The lowest BCUT2D eigenvalue weighted by Crippen LogP contribution is -2.55. The number of carbonyl (C=O) groups is 2. The van der Waals surface area contributed by atoms with Crippen LogP contribution >= 0.6 is 24.8 Å². The first-order valence-corrected chi connectivity index (χ1v) is 14.2. The van der Waals surface area contributed by atoms with Crippen molar-refractivity contribution in [2.75, 3.05) is 33.2 Å². The Morgan fingerprint density at radius 1 is 1.18 bits per heavy atom. The quantitative estimate of drug-likeness (QED) is 0.204. The number of benzene rings is 1. The number of rotatable bonds is 7. The number of likely N-dealkylation sites (N-methyl/N-ethyl adjacent to an activating group) is 1. The zero-order valence-electron chi connectivity index (χ0n) is 22.6. The van der Waals surface area contributed by atoms with E-state index in [2.05, 4.69) is 9.62 Å². The van der Waals surface area contributed by atoms with Crippen molar-refractivity contribution >= 4 is 52.7 Å². The maximum absolute atomic E-state index is 13.8. The van der Waals surface area contributed by atoms with Gasteiger partial charge in [0, 0.05) is 32.7 Å². The molecule has 0 bridgehead atoms. The Kier molecular flexibility index (Phi) is 11.6. The molecule has 1 amide bonds. The molecule has 0 fully saturated rings. The van der Waals surface area contributed by atoms with E-state index >= 15 is 0 Å². The predicted molar refractivity (Wildman–Crippen MR) is 157 cm³/mol. The molecule has 2 atom stereocenters. The van der Waals surface area contributed by atoms with Crippen molar-refractivity contribution in [3.05, 3.63) is 52.6 Å². The molecule has 1 unspecified atom stereocenters. The Morgan fingerprint density at radius 3 is 2.58 bits per heavy atom. The molecule has 14 heteroatoms. The molecule has 0 saturated heterocycles. The summed E-state index contributed by atoms with van der Waals surface area (Å²) in [5.41, 5.74) is 9.32. The molecule has 0 saturated carbocycles. The van der Waals surface area contributed by atoms with Crippen molar-refractivity contribution in [2.45, 2.75) is 56.1 Å². The largest absolute Gasteiger partial charge is 0.480 e. The van der Waals surface area contributed by atoms with Gasteiger partial charge in [0.15, 0.2) is 5.96 Å². The fourth-order valence-corrected chi connectivity index (χ4v) is 6.49. The second-order valence-corrected chi connectivity index (χ2v) is 12.1. The number of sulfonamides is 1. The van der Waals surface area contributed by atoms with Gasteiger partial charge in [0.2, 0.25) is 15.9 Å². The van der Waals surface area contributed by atoms with E-state index in [-0.39, 0.29) is 55.1 Å². The van der Waals surface area contributed by atoms with Crippen LogP contribution in [0, 0.1) is 5.41 Å². The minimum absolute atomic E-state index is 0. The Labute approximate surface area is 247 Å². The van der Waals surface area contributed by atoms with Crippen molar-refractivity contribution in [3.63, 3.8) is 0 Å². The van der Waals surface area contributed by atoms with Gasteiger partial charge in [-0.15, -0.1) is 24.8 Å². The fourth-order valence-electron chi connectivity index (χ4n) is 5.25. The number of hydrogen-bond donors (Lipinski definition) is 4. The van der Waals surface area contributed by atoms with Crippen molar-refractivity contribution < 1.29 is 23.1 Å². The number of aliphatic carboxylic acids is 1. The number of carboxylic acid groups (broad SMARTS) is 1. The number of nitrogens with zero attached hydrogens (tertiary/aromatic N) is 3. The van der Waals surface area contributed by atoms with E-state index in [0.717, 1.165) is 35.2 Å². The molecule has 222 valence electrons. The molecule has 0 spiro atoms. The maximum Gasteiger partial charge on any atom is 0.326 e. The Bertz CT molecular complexity index is 1300. The molecule has 3 aliphatic heterocycles. The van der Waals surface area contributed by atoms with E-state index in [1.807, 2.05) is 26.1 Å². The normalized spacial score (nSPS) is 20.2. The number of nitrogens with two attached hydrogens (primary N) is 1. The Balaban J connectivity index is 0.00000280. The highest BCUT2D eigenvalue weighted by Crippen LogP contribution is 2.25. The molecular formula is C26H38Cl2N6O5S. The first-order valence-electron chi connectivity index (χ1n) is 12.7. The molecule has 3 heterocycles. The summed E-state index contributed by atoms with van der Waals surface area (Å²) in [6.07, 6.45) is 5.38. The summed E-state index contributed by atoms with van der Waals surface area (Å²) in [6.45, 7) is 4.29. The van der Waals surface area contributed by atoms with E-state index < -0.39 is 34.0 Å². The molecule has 0 aromatic heterocycles. The zero-order chi connectivity index (χ0) is 27.6. The third-order valence-corrected chi connectivity index (χ3v) is 8.89. The predicted octanol–water partition coefficient (Wildman–Crippen LogP) is 1.71. The van der Waals surface area contributed by atoms with Gasteiger partial charge >= 0.3 is 5.97 Å². The molecule has 1 aromatic rings. The highest BCUT2D eigenvalue weighted by Gasteiger charge is 2.38. The lowest BCUT2D eigenvalue weighted by Gasteiger charge is -2.35. The molecular weight excluding hydrogens is 579 g/mol. The number of fused-ring (bicyclic) bond motifs is 1. The van der Waals surface area contributed by atoms with Crippen LogP contribution in [0.3, 0.4) is 0 Å². The number of guanidine groups is 1. The molecule has 5 N–H and O–H groups in total. The van der Waals surface area contributed by atoms with Gasteiger partial charge in [0.25, 0.3) is 0 Å². The fraction of sp³-hybridized carbons (Fsp3) is 0.500. The van der Waals surface area contributed by atoms with Gasteiger partial charge in [-0.2, -0.15) is 4.72 Å². The van der Waals surface area contributed by atoms with E-state index in [0.29, 0.717) is 26.1 Å². The monoisotopic (exact) mass is 616 g/mol. The van der Waals surface area contributed by atoms with Gasteiger partial charge < -0.3 is 25.5 Å². The van der Waals surface area contributed by atoms with Crippen molar-refractivity contribution in [3.8, 4) is 0 Å². The SMILES string of the molecule is CC1=CCN(C(=O)[C@H](CC2=CCCN(C(=N)N)C2)NS(=O)(=O)c2ccc3c(c2)CN(C)CC3)C(C(=O)O)C1.Cl.Cl. The lowest BCUT2D eigenvalue weighted by atomic mass is 9.97. The maximum atomic E-state index is 13.8. The van der Waals surface area contributed by atoms with Crippen LogP contribution in [0.4, 0.5) is 0 Å². The van der Waals surface area contributed by atoms with E-state index in [4.69, 9.17) is 11.1 Å². The molecule has 0 aliphatic carbocycles. The number of halogens is 2. The first-order chi connectivity index (χ1) is 17.9. The third kappa shape index (κ3) is 7.76. The first kappa shape index (κ1) is 33.6. The standard InChI is InChI=1S/C26H36N6O5S.2ClH/c1-17-7-11-32(23(12-17)25(34)35)24(33)22(13-18-4-3-9-31(15-18)26(27)28)29-38(36,37)21-6-5-19-8-10-30(2)16-20(19)14-21;;/h4-7,14,22-23,29H,3,8-13,15-16H2,1-2H3,(H3,27,28)(H,34,35);2*1H/t22-,23?;;/m0../s1. The average molecular weight is 618 g/mol. The molecule has 1 aromatic carbocycles. The van der Waals surface area contributed by atoms with Crippen LogP contribution in [0.2, 0.25) is 0 Å². The number of carbonyl (C=O) groups excluding carboxylic acids is 1. The summed E-state index contributed by atoms with van der Waals surface area (Å²) < 4.78 is 29.7. The molecule has 40 heavy (non-hydrogen) atoms. The minimum Gasteiger partial charge on any atom is -0.480 e. The van der Waals surface area contributed by atoms with Gasteiger partial charge in [-0.1, -0.05) is 29.4 Å². The van der Waals surface area contributed by atoms with Gasteiger partial charge in [0.05, 0.1) is 4.90 Å². The van der Waals surface area contributed by atoms with Crippen LogP contribution in [0.1, 0.15) is 37.3 Å². The van der Waals surface area contributed by atoms with Crippen molar-refractivity contribution in [1.82, 2.24) is 19.4 Å². The number of hydrogen-bond acceptors (Lipinski definition) is 6.